The lowest BCUT2D eigenvalue weighted by molar-refractivity contribution is -0.0567. The maximum absolute atomic E-state index is 12.7. The van der Waals surface area contributed by atoms with Crippen LogP contribution in [0.2, 0.25) is 0 Å². The van der Waals surface area contributed by atoms with Gasteiger partial charge in [-0.2, -0.15) is 11.8 Å². The van der Waals surface area contributed by atoms with Gasteiger partial charge in [0.15, 0.2) is 0 Å². The van der Waals surface area contributed by atoms with E-state index in [0.717, 1.165) is 30.8 Å². The molecular formula is C13H18N2O2S2. The molecule has 0 aromatic carbocycles. The van der Waals surface area contributed by atoms with E-state index in [2.05, 4.69) is 4.98 Å². The summed E-state index contributed by atoms with van der Waals surface area (Å²) < 4.78 is 18.6. The lowest BCUT2D eigenvalue weighted by Crippen LogP contribution is -2.43. The smallest absolute Gasteiger partial charge is 0.150 e. The number of nitrogen functional groups attached to an aromatic ring is 1. The fraction of sp³-hybridized carbons (Fsp3) is 0.615. The van der Waals surface area contributed by atoms with Gasteiger partial charge in [-0.15, -0.1) is 0 Å². The number of hydrogen-bond acceptors (Lipinski definition) is 5. The molecule has 0 aliphatic carbocycles. The minimum atomic E-state index is -1.13. The molecule has 104 valence electrons. The summed E-state index contributed by atoms with van der Waals surface area (Å²) in [6.45, 7) is 0.698. The molecule has 0 amide bonds. The van der Waals surface area contributed by atoms with Crippen molar-refractivity contribution in [1.29, 1.82) is 0 Å². The van der Waals surface area contributed by atoms with E-state index in [0.29, 0.717) is 17.3 Å². The van der Waals surface area contributed by atoms with Crippen molar-refractivity contribution in [3.05, 3.63) is 18.3 Å². The third kappa shape index (κ3) is 2.66. The Balaban J connectivity index is 1.78. The predicted octanol–water partition coefficient (Wildman–Crippen LogP) is 1.83. The molecule has 3 unspecified atom stereocenters. The minimum absolute atomic E-state index is 0.0488. The van der Waals surface area contributed by atoms with Gasteiger partial charge in [0.2, 0.25) is 0 Å². The molecule has 2 saturated heterocycles. The highest BCUT2D eigenvalue weighted by Gasteiger charge is 2.42. The lowest BCUT2D eigenvalue weighted by atomic mass is 9.93. The summed E-state index contributed by atoms with van der Waals surface area (Å²) in [5, 5.41) is 0.653. The van der Waals surface area contributed by atoms with Crippen LogP contribution < -0.4 is 5.73 Å². The van der Waals surface area contributed by atoms with Gasteiger partial charge in [-0.1, -0.05) is 0 Å². The minimum Gasteiger partial charge on any atom is -0.396 e. The highest BCUT2D eigenvalue weighted by Crippen LogP contribution is 2.40. The molecule has 2 aliphatic rings. The average molecular weight is 298 g/mol. The molecule has 0 radical (unpaired) electrons. The Morgan fingerprint density at radius 1 is 1.58 bits per heavy atom. The number of hydrogen-bond donors (Lipinski definition) is 1. The summed E-state index contributed by atoms with van der Waals surface area (Å²) in [7, 11) is -1.13. The average Bonchev–Trinajstić information content (AvgIpc) is 2.86. The van der Waals surface area contributed by atoms with Gasteiger partial charge in [-0.25, -0.2) is 4.98 Å². The Hall–Kier alpha value is -0.590. The molecule has 3 rings (SSSR count). The van der Waals surface area contributed by atoms with Crippen LogP contribution in [-0.2, 0) is 15.5 Å². The zero-order valence-electron chi connectivity index (χ0n) is 10.7. The van der Waals surface area contributed by atoms with Gasteiger partial charge >= 0.3 is 0 Å². The maximum atomic E-state index is 12.7. The van der Waals surface area contributed by atoms with Crippen molar-refractivity contribution in [2.24, 2.45) is 0 Å². The number of anilines is 1. The summed E-state index contributed by atoms with van der Waals surface area (Å²) in [6, 6.07) is 3.54. The summed E-state index contributed by atoms with van der Waals surface area (Å²) in [5.41, 5.74) is 6.36. The number of ether oxygens (including phenoxy) is 1. The number of nitrogens with two attached hydrogens (primary N) is 1. The van der Waals surface area contributed by atoms with Crippen LogP contribution in [0.15, 0.2) is 23.4 Å². The largest absolute Gasteiger partial charge is 0.396 e. The molecule has 3 heterocycles. The molecule has 2 fully saturated rings. The molecule has 3 atom stereocenters. The summed E-state index contributed by atoms with van der Waals surface area (Å²) in [6.07, 6.45) is 4.42. The Bertz CT molecular complexity index is 489. The van der Waals surface area contributed by atoms with Crippen LogP contribution in [0.5, 0.6) is 0 Å². The van der Waals surface area contributed by atoms with Crippen molar-refractivity contribution in [2.75, 3.05) is 23.8 Å². The molecule has 1 aromatic heterocycles. The van der Waals surface area contributed by atoms with Gasteiger partial charge in [0.05, 0.1) is 22.1 Å². The molecule has 1 spiro atoms. The standard InChI is InChI=1S/C13H18N2O2S2/c14-11-2-1-5-15-12(11)19(16)10-3-6-17-13(8-10)4-7-18-9-13/h1-2,5,10H,3-4,6-9,14H2. The van der Waals surface area contributed by atoms with E-state index < -0.39 is 10.8 Å². The van der Waals surface area contributed by atoms with Crippen molar-refractivity contribution >= 4 is 28.2 Å². The van der Waals surface area contributed by atoms with E-state index >= 15 is 0 Å². The highest BCUT2D eigenvalue weighted by atomic mass is 32.2. The van der Waals surface area contributed by atoms with E-state index in [-0.39, 0.29) is 10.9 Å². The van der Waals surface area contributed by atoms with Crippen LogP contribution in [0.25, 0.3) is 0 Å². The van der Waals surface area contributed by atoms with Crippen LogP contribution in [0.1, 0.15) is 19.3 Å². The molecule has 0 bridgehead atoms. The topological polar surface area (TPSA) is 65.2 Å². The third-order valence-corrected chi connectivity index (χ3v) is 6.76. The van der Waals surface area contributed by atoms with Gasteiger partial charge in [0.25, 0.3) is 0 Å². The Morgan fingerprint density at radius 3 is 3.21 bits per heavy atom. The van der Waals surface area contributed by atoms with Crippen molar-refractivity contribution in [3.63, 3.8) is 0 Å². The number of thioether (sulfide) groups is 1. The summed E-state index contributed by atoms with van der Waals surface area (Å²) in [5.74, 6) is 2.17. The first-order chi connectivity index (χ1) is 9.20. The maximum Gasteiger partial charge on any atom is 0.150 e. The number of pyridine rings is 1. The Kier molecular flexibility index (Phi) is 3.82. The van der Waals surface area contributed by atoms with E-state index in [1.807, 2.05) is 11.8 Å². The number of rotatable bonds is 2. The lowest BCUT2D eigenvalue weighted by Gasteiger charge is -2.37. The van der Waals surface area contributed by atoms with Crippen LogP contribution in [0.3, 0.4) is 0 Å². The monoisotopic (exact) mass is 298 g/mol. The van der Waals surface area contributed by atoms with E-state index in [1.54, 1.807) is 18.3 Å². The zero-order valence-corrected chi connectivity index (χ0v) is 12.3. The highest BCUT2D eigenvalue weighted by molar-refractivity contribution is 7.99. The first-order valence-corrected chi connectivity index (χ1v) is 8.90. The molecule has 19 heavy (non-hydrogen) atoms. The third-order valence-electron chi connectivity index (χ3n) is 3.81. The van der Waals surface area contributed by atoms with Gasteiger partial charge in [0, 0.05) is 23.8 Å². The number of aromatic nitrogens is 1. The van der Waals surface area contributed by atoms with E-state index in [9.17, 15) is 4.21 Å². The van der Waals surface area contributed by atoms with Crippen LogP contribution in [-0.4, -0.2) is 38.2 Å². The molecule has 1 aromatic rings. The van der Waals surface area contributed by atoms with Crippen molar-refractivity contribution in [1.82, 2.24) is 4.98 Å². The van der Waals surface area contributed by atoms with Crippen LogP contribution in [0.4, 0.5) is 5.69 Å². The van der Waals surface area contributed by atoms with Crippen LogP contribution >= 0.6 is 11.8 Å². The Labute approximate surface area is 120 Å². The molecule has 0 saturated carbocycles. The van der Waals surface area contributed by atoms with E-state index in [4.69, 9.17) is 10.5 Å². The molecule has 2 aliphatic heterocycles. The second kappa shape index (κ2) is 5.42. The second-order valence-corrected chi connectivity index (χ2v) is 7.90. The van der Waals surface area contributed by atoms with Gasteiger partial charge in [-0.05, 0) is 37.1 Å². The van der Waals surface area contributed by atoms with Crippen LogP contribution in [0, 0.1) is 0 Å². The van der Waals surface area contributed by atoms with Gasteiger partial charge < -0.3 is 10.5 Å². The van der Waals surface area contributed by atoms with Crippen molar-refractivity contribution in [3.8, 4) is 0 Å². The second-order valence-electron chi connectivity index (χ2n) is 5.14. The number of nitrogens with zero attached hydrogens (tertiary/aromatic N) is 1. The SMILES string of the molecule is Nc1cccnc1S(=O)C1CCOC2(CCSC2)C1. The van der Waals surface area contributed by atoms with Gasteiger partial charge in [-0.3, -0.25) is 4.21 Å². The molecule has 2 N–H and O–H groups in total. The van der Waals surface area contributed by atoms with Gasteiger partial charge in [0.1, 0.15) is 5.03 Å². The van der Waals surface area contributed by atoms with Crippen molar-refractivity contribution in [2.45, 2.75) is 35.1 Å². The zero-order chi connectivity index (χ0) is 13.3. The normalized spacial score (nSPS) is 32.5. The fourth-order valence-electron chi connectivity index (χ4n) is 2.76. The fourth-order valence-corrected chi connectivity index (χ4v) is 5.68. The Morgan fingerprint density at radius 2 is 2.47 bits per heavy atom. The molecule has 6 heteroatoms. The van der Waals surface area contributed by atoms with Crippen molar-refractivity contribution < 1.29 is 8.95 Å². The summed E-state index contributed by atoms with van der Waals surface area (Å²) >= 11 is 1.93. The first kappa shape index (κ1) is 13.4. The predicted molar refractivity (Wildman–Crippen MR) is 78.7 cm³/mol. The van der Waals surface area contributed by atoms with E-state index in [1.165, 1.54) is 0 Å². The molecule has 4 nitrogen and oxygen atoms in total. The quantitative estimate of drug-likeness (QED) is 0.902. The first-order valence-electron chi connectivity index (χ1n) is 6.53. The summed E-state index contributed by atoms with van der Waals surface area (Å²) in [4.78, 5) is 4.20. The molecular weight excluding hydrogens is 280 g/mol.